The fourth-order valence-electron chi connectivity index (χ4n) is 3.60. The predicted octanol–water partition coefficient (Wildman–Crippen LogP) is 4.13. The summed E-state index contributed by atoms with van der Waals surface area (Å²) in [5.74, 6) is -0.636. The van der Waals surface area contributed by atoms with Crippen LogP contribution in [-0.2, 0) is 0 Å². The molecule has 0 bridgehead atoms. The van der Waals surface area contributed by atoms with E-state index in [0.717, 1.165) is 5.56 Å². The van der Waals surface area contributed by atoms with Gasteiger partial charge in [0.1, 0.15) is 5.76 Å². The van der Waals surface area contributed by atoms with Crippen LogP contribution in [-0.4, -0.2) is 36.1 Å². The second-order valence-corrected chi connectivity index (χ2v) is 8.24. The number of rotatable bonds is 5. The van der Waals surface area contributed by atoms with Crippen LogP contribution in [0.3, 0.4) is 0 Å². The second-order valence-electron chi connectivity index (χ2n) is 7.37. The predicted molar refractivity (Wildman–Crippen MR) is 112 cm³/mol. The van der Waals surface area contributed by atoms with Crippen LogP contribution >= 0.6 is 23.2 Å². The van der Waals surface area contributed by atoms with Gasteiger partial charge in [0.25, 0.3) is 11.8 Å². The minimum atomic E-state index is -0.414. The van der Waals surface area contributed by atoms with Crippen LogP contribution in [0.2, 0.25) is 10.0 Å². The molecule has 1 aliphatic carbocycles. The number of furan rings is 1. The van der Waals surface area contributed by atoms with Crippen molar-refractivity contribution in [2.24, 2.45) is 0 Å². The van der Waals surface area contributed by atoms with Crippen LogP contribution in [0.4, 0.5) is 0 Å². The average molecular weight is 439 g/mol. The van der Waals surface area contributed by atoms with Gasteiger partial charge in [-0.1, -0.05) is 30.1 Å². The minimum Gasteiger partial charge on any atom is -0.454 e. The van der Waals surface area contributed by atoms with Crippen LogP contribution in [0, 0.1) is 0 Å². The third kappa shape index (κ3) is 5.13. The van der Waals surface area contributed by atoms with E-state index < -0.39 is 5.91 Å². The summed E-state index contributed by atoms with van der Waals surface area (Å²) in [5, 5.41) is 16.1. The number of hydrogen-bond donors (Lipinski definition) is 3. The van der Waals surface area contributed by atoms with E-state index in [1.165, 1.54) is 13.1 Å². The lowest BCUT2D eigenvalue weighted by Crippen LogP contribution is -2.38. The lowest BCUT2D eigenvalue weighted by Gasteiger charge is -2.26. The molecule has 0 unspecified atom stereocenters. The molecule has 0 radical (unpaired) electrons. The molecule has 0 saturated heterocycles. The maximum atomic E-state index is 13.0. The van der Waals surface area contributed by atoms with E-state index in [1.54, 1.807) is 18.2 Å². The Morgan fingerprint density at radius 1 is 1.07 bits per heavy atom. The van der Waals surface area contributed by atoms with Gasteiger partial charge in [-0.3, -0.25) is 9.59 Å². The molecular weight excluding hydrogens is 415 g/mol. The molecule has 1 aromatic carbocycles. The molecule has 1 aliphatic rings. The van der Waals surface area contributed by atoms with E-state index in [2.05, 4.69) is 10.6 Å². The standard InChI is InChI=1S/C21H24Cl2N2O4/c1-11(12-7-13(22)9-14(23)8-12)19-17(10-18(29-19)21(28)24-2)20(27)25-15-3-5-16(26)6-4-15/h7-11,15-16,26H,3-6H2,1-2H3,(H,24,28)(H,25,27)/t11-,15-,16-/m1/s1. The molecule has 1 heterocycles. The highest BCUT2D eigenvalue weighted by atomic mass is 35.5. The molecule has 1 aromatic heterocycles. The Morgan fingerprint density at radius 2 is 1.69 bits per heavy atom. The first-order valence-electron chi connectivity index (χ1n) is 9.59. The van der Waals surface area contributed by atoms with Gasteiger partial charge in [0, 0.05) is 35.1 Å². The Bertz CT molecular complexity index is 884. The van der Waals surface area contributed by atoms with Gasteiger partial charge in [-0.15, -0.1) is 0 Å². The maximum absolute atomic E-state index is 13.0. The SMILES string of the molecule is CNC(=O)c1cc(C(=O)N[C@H]2CC[C@H](O)CC2)c([C@H](C)c2cc(Cl)cc(Cl)c2)o1. The Kier molecular flexibility index (Phi) is 6.88. The van der Waals surface area contributed by atoms with E-state index in [-0.39, 0.29) is 29.7 Å². The molecule has 3 N–H and O–H groups in total. The topological polar surface area (TPSA) is 91.6 Å². The number of carbonyl (C=O) groups excluding carboxylic acids is 2. The molecule has 156 valence electrons. The van der Waals surface area contributed by atoms with Gasteiger partial charge in [0.15, 0.2) is 5.76 Å². The molecular formula is C21H24Cl2N2O4. The number of aliphatic hydroxyl groups is 1. The lowest BCUT2D eigenvalue weighted by atomic mass is 9.92. The van der Waals surface area contributed by atoms with E-state index in [9.17, 15) is 14.7 Å². The summed E-state index contributed by atoms with van der Waals surface area (Å²) in [6.45, 7) is 1.86. The molecule has 8 heteroatoms. The first-order valence-corrected chi connectivity index (χ1v) is 10.3. The number of nitrogens with one attached hydrogen (secondary N) is 2. The first-order chi connectivity index (χ1) is 13.8. The summed E-state index contributed by atoms with van der Waals surface area (Å²) < 4.78 is 5.79. The molecule has 2 aromatic rings. The van der Waals surface area contributed by atoms with Gasteiger partial charge in [0.2, 0.25) is 0 Å². The lowest BCUT2D eigenvalue weighted by molar-refractivity contribution is 0.0864. The summed E-state index contributed by atoms with van der Waals surface area (Å²) in [7, 11) is 1.50. The van der Waals surface area contributed by atoms with Crippen molar-refractivity contribution in [2.75, 3.05) is 7.05 Å². The number of aliphatic hydroxyl groups excluding tert-OH is 1. The summed E-state index contributed by atoms with van der Waals surface area (Å²) in [5.41, 5.74) is 1.08. The van der Waals surface area contributed by atoms with Crippen molar-refractivity contribution in [2.45, 2.75) is 50.7 Å². The van der Waals surface area contributed by atoms with Crippen molar-refractivity contribution in [3.05, 3.63) is 57.0 Å². The average Bonchev–Trinajstić information content (AvgIpc) is 3.13. The highest BCUT2D eigenvalue weighted by Gasteiger charge is 2.28. The second kappa shape index (κ2) is 9.20. The zero-order chi connectivity index (χ0) is 21.1. The first kappa shape index (κ1) is 21.7. The molecule has 29 heavy (non-hydrogen) atoms. The van der Waals surface area contributed by atoms with Crippen molar-refractivity contribution in [3.8, 4) is 0 Å². The molecule has 6 nitrogen and oxygen atoms in total. The molecule has 1 atom stereocenters. The Hall–Kier alpha value is -2.02. The minimum absolute atomic E-state index is 0.0204. The fourth-order valence-corrected chi connectivity index (χ4v) is 4.14. The summed E-state index contributed by atoms with van der Waals surface area (Å²) in [6, 6.07) is 6.58. The van der Waals surface area contributed by atoms with Gasteiger partial charge in [0.05, 0.1) is 11.7 Å². The molecule has 0 spiro atoms. The fraction of sp³-hybridized carbons (Fsp3) is 0.429. The largest absolute Gasteiger partial charge is 0.454 e. The van der Waals surface area contributed by atoms with E-state index in [4.69, 9.17) is 27.6 Å². The van der Waals surface area contributed by atoms with E-state index in [0.29, 0.717) is 47.1 Å². The van der Waals surface area contributed by atoms with Gasteiger partial charge < -0.3 is 20.2 Å². The molecule has 3 rings (SSSR count). The monoisotopic (exact) mass is 438 g/mol. The van der Waals surface area contributed by atoms with Gasteiger partial charge >= 0.3 is 0 Å². The normalized spacial score (nSPS) is 20.2. The van der Waals surface area contributed by atoms with Crippen molar-refractivity contribution >= 4 is 35.0 Å². The van der Waals surface area contributed by atoms with Gasteiger partial charge in [-0.25, -0.2) is 0 Å². The van der Waals surface area contributed by atoms with Crippen molar-refractivity contribution < 1.29 is 19.1 Å². The summed E-state index contributed by atoms with van der Waals surface area (Å²) in [6.07, 6.45) is 2.43. The Balaban J connectivity index is 1.91. The van der Waals surface area contributed by atoms with Crippen LogP contribution in [0.25, 0.3) is 0 Å². The summed E-state index contributed by atoms with van der Waals surface area (Å²) >= 11 is 12.2. The number of amides is 2. The van der Waals surface area contributed by atoms with Crippen LogP contribution < -0.4 is 10.6 Å². The molecule has 1 saturated carbocycles. The van der Waals surface area contributed by atoms with Gasteiger partial charge in [-0.05, 0) is 49.4 Å². The van der Waals surface area contributed by atoms with E-state index in [1.807, 2.05) is 6.92 Å². The summed E-state index contributed by atoms with van der Waals surface area (Å²) in [4.78, 5) is 25.1. The zero-order valence-corrected chi connectivity index (χ0v) is 17.8. The number of benzene rings is 1. The van der Waals surface area contributed by atoms with Gasteiger partial charge in [-0.2, -0.15) is 0 Å². The van der Waals surface area contributed by atoms with Crippen molar-refractivity contribution in [1.82, 2.24) is 10.6 Å². The van der Waals surface area contributed by atoms with Crippen LogP contribution in [0.1, 0.15) is 70.8 Å². The Labute approximate surface area is 179 Å². The smallest absolute Gasteiger partial charge is 0.286 e. The number of hydrogen-bond acceptors (Lipinski definition) is 4. The maximum Gasteiger partial charge on any atom is 0.286 e. The molecule has 1 fully saturated rings. The highest BCUT2D eigenvalue weighted by molar-refractivity contribution is 6.34. The van der Waals surface area contributed by atoms with E-state index >= 15 is 0 Å². The molecule has 2 amide bonds. The zero-order valence-electron chi connectivity index (χ0n) is 16.3. The van der Waals surface area contributed by atoms with Crippen LogP contribution in [0.15, 0.2) is 28.7 Å². The third-order valence-corrected chi connectivity index (χ3v) is 5.70. The molecule has 0 aliphatic heterocycles. The number of carbonyl (C=O) groups is 2. The quantitative estimate of drug-likeness (QED) is 0.654. The number of halogens is 2. The van der Waals surface area contributed by atoms with Crippen LogP contribution in [0.5, 0.6) is 0 Å². The third-order valence-electron chi connectivity index (χ3n) is 5.27. The van der Waals surface area contributed by atoms with Crippen molar-refractivity contribution in [3.63, 3.8) is 0 Å². The Morgan fingerprint density at radius 3 is 2.28 bits per heavy atom. The highest BCUT2D eigenvalue weighted by Crippen LogP contribution is 2.33. The van der Waals surface area contributed by atoms with Crippen molar-refractivity contribution in [1.29, 1.82) is 0 Å².